The normalized spacial score (nSPS) is 19.3. The minimum Gasteiger partial charge on any atom is -0.384 e. The van der Waals surface area contributed by atoms with E-state index >= 15 is 0 Å². The van der Waals surface area contributed by atoms with Crippen LogP contribution in [-0.2, 0) is 10.4 Å². The zero-order chi connectivity index (χ0) is 16.7. The van der Waals surface area contributed by atoms with Gasteiger partial charge in [0, 0.05) is 39.1 Å². The molecular weight excluding hydrogens is 290 g/mol. The van der Waals surface area contributed by atoms with Gasteiger partial charge >= 0.3 is 0 Å². The van der Waals surface area contributed by atoms with E-state index in [-0.39, 0.29) is 12.5 Å². The van der Waals surface area contributed by atoms with Gasteiger partial charge in [-0.25, -0.2) is 0 Å². The highest BCUT2D eigenvalue weighted by atomic mass is 16.3. The molecule has 1 saturated heterocycles. The lowest BCUT2D eigenvalue weighted by molar-refractivity contribution is -0.122. The van der Waals surface area contributed by atoms with Gasteiger partial charge in [-0.1, -0.05) is 37.3 Å². The fourth-order valence-electron chi connectivity index (χ4n) is 2.85. The third-order valence-electron chi connectivity index (χ3n) is 4.59. The standard InChI is InChI=1S/C18H29N3O2/c1-3-20-11-13-21(14-12-20)10-9-17(22)19-15-18(2,23)16-7-5-4-6-8-16/h4-8,23H,3,9-15H2,1-2H3,(H,19,22). The van der Waals surface area contributed by atoms with E-state index in [4.69, 9.17) is 0 Å². The van der Waals surface area contributed by atoms with Gasteiger partial charge < -0.3 is 20.2 Å². The Morgan fingerprint density at radius 2 is 1.78 bits per heavy atom. The topological polar surface area (TPSA) is 55.8 Å². The Kier molecular flexibility index (Phi) is 6.57. The molecule has 1 aromatic rings. The van der Waals surface area contributed by atoms with Crippen molar-refractivity contribution in [2.75, 3.05) is 45.8 Å². The van der Waals surface area contributed by atoms with E-state index < -0.39 is 5.60 Å². The summed E-state index contributed by atoms with van der Waals surface area (Å²) in [7, 11) is 0. The molecule has 5 heteroatoms. The second kappa shape index (κ2) is 8.43. The van der Waals surface area contributed by atoms with Crippen LogP contribution < -0.4 is 5.32 Å². The molecule has 5 nitrogen and oxygen atoms in total. The maximum Gasteiger partial charge on any atom is 0.221 e. The Hall–Kier alpha value is -1.43. The predicted octanol–water partition coefficient (Wildman–Crippen LogP) is 1.04. The maximum absolute atomic E-state index is 12.0. The summed E-state index contributed by atoms with van der Waals surface area (Å²) < 4.78 is 0. The van der Waals surface area contributed by atoms with Crippen molar-refractivity contribution in [2.45, 2.75) is 25.9 Å². The number of nitrogens with one attached hydrogen (secondary N) is 1. The van der Waals surface area contributed by atoms with Gasteiger partial charge in [0.2, 0.25) is 5.91 Å². The van der Waals surface area contributed by atoms with E-state index in [1.54, 1.807) is 6.92 Å². The first-order valence-corrected chi connectivity index (χ1v) is 8.50. The average Bonchev–Trinajstić information content (AvgIpc) is 2.59. The van der Waals surface area contributed by atoms with Crippen LogP contribution in [0.3, 0.4) is 0 Å². The Morgan fingerprint density at radius 3 is 2.39 bits per heavy atom. The maximum atomic E-state index is 12.0. The van der Waals surface area contributed by atoms with Crippen LogP contribution in [0.25, 0.3) is 0 Å². The monoisotopic (exact) mass is 319 g/mol. The van der Waals surface area contributed by atoms with Crippen LogP contribution in [0.5, 0.6) is 0 Å². The molecule has 1 heterocycles. The van der Waals surface area contributed by atoms with Crippen LogP contribution in [0.2, 0.25) is 0 Å². The molecule has 1 aliphatic heterocycles. The number of rotatable bonds is 7. The second-order valence-corrected chi connectivity index (χ2v) is 6.44. The molecular formula is C18H29N3O2. The van der Waals surface area contributed by atoms with Gasteiger partial charge in [0.05, 0.1) is 6.54 Å². The molecule has 1 atom stereocenters. The molecule has 1 unspecified atom stereocenters. The molecule has 0 aliphatic carbocycles. The number of piperazine rings is 1. The van der Waals surface area contributed by atoms with Gasteiger partial charge in [-0.15, -0.1) is 0 Å². The average molecular weight is 319 g/mol. The number of likely N-dealkylation sites (N-methyl/N-ethyl adjacent to an activating group) is 1. The number of hydrogen-bond acceptors (Lipinski definition) is 4. The third kappa shape index (κ3) is 5.61. The molecule has 0 aromatic heterocycles. The van der Waals surface area contributed by atoms with Crippen LogP contribution in [0, 0.1) is 0 Å². The number of nitrogens with zero attached hydrogens (tertiary/aromatic N) is 2. The zero-order valence-corrected chi connectivity index (χ0v) is 14.3. The Morgan fingerprint density at radius 1 is 1.17 bits per heavy atom. The first kappa shape index (κ1) is 17.9. The molecule has 1 aromatic carbocycles. The van der Waals surface area contributed by atoms with Crippen LogP contribution in [0.4, 0.5) is 0 Å². The Balaban J connectivity index is 1.69. The van der Waals surface area contributed by atoms with Crippen molar-refractivity contribution in [2.24, 2.45) is 0 Å². The van der Waals surface area contributed by atoms with E-state index in [9.17, 15) is 9.90 Å². The molecule has 1 amide bonds. The molecule has 23 heavy (non-hydrogen) atoms. The summed E-state index contributed by atoms with van der Waals surface area (Å²) in [5.74, 6) is -0.000808. The highest BCUT2D eigenvalue weighted by molar-refractivity contribution is 5.76. The molecule has 2 N–H and O–H groups in total. The molecule has 0 saturated carbocycles. The molecule has 0 spiro atoms. The quantitative estimate of drug-likeness (QED) is 0.788. The second-order valence-electron chi connectivity index (χ2n) is 6.44. The fourth-order valence-corrected chi connectivity index (χ4v) is 2.85. The van der Waals surface area contributed by atoms with Gasteiger partial charge in [0.15, 0.2) is 0 Å². The van der Waals surface area contributed by atoms with E-state index in [2.05, 4.69) is 22.0 Å². The zero-order valence-electron chi connectivity index (χ0n) is 14.3. The lowest BCUT2D eigenvalue weighted by atomic mass is 9.96. The molecule has 1 fully saturated rings. The van der Waals surface area contributed by atoms with Crippen LogP contribution in [0.15, 0.2) is 30.3 Å². The number of carbonyl (C=O) groups excluding carboxylic acids is 1. The van der Waals surface area contributed by atoms with Crippen LogP contribution in [0.1, 0.15) is 25.8 Å². The van der Waals surface area contributed by atoms with Gasteiger partial charge in [0.25, 0.3) is 0 Å². The smallest absolute Gasteiger partial charge is 0.221 e. The number of carbonyl (C=O) groups is 1. The van der Waals surface area contributed by atoms with Gasteiger partial charge in [-0.3, -0.25) is 4.79 Å². The van der Waals surface area contributed by atoms with Gasteiger partial charge in [-0.2, -0.15) is 0 Å². The van der Waals surface area contributed by atoms with Crippen molar-refractivity contribution in [1.82, 2.24) is 15.1 Å². The van der Waals surface area contributed by atoms with E-state index in [0.29, 0.717) is 6.42 Å². The highest BCUT2D eigenvalue weighted by Gasteiger charge is 2.23. The summed E-state index contributed by atoms with van der Waals surface area (Å²) in [6.45, 7) is 10.3. The summed E-state index contributed by atoms with van der Waals surface area (Å²) in [5, 5.41) is 13.3. The summed E-state index contributed by atoms with van der Waals surface area (Å²) in [6, 6.07) is 9.44. The number of amides is 1. The number of hydrogen-bond donors (Lipinski definition) is 2. The summed E-state index contributed by atoms with van der Waals surface area (Å²) in [6.07, 6.45) is 0.483. The summed E-state index contributed by atoms with van der Waals surface area (Å²) in [4.78, 5) is 16.8. The summed E-state index contributed by atoms with van der Waals surface area (Å²) >= 11 is 0. The van der Waals surface area contributed by atoms with Crippen molar-refractivity contribution >= 4 is 5.91 Å². The molecule has 2 rings (SSSR count). The minimum absolute atomic E-state index is 0.000808. The molecule has 128 valence electrons. The Labute approximate surface area is 139 Å². The number of benzene rings is 1. The van der Waals surface area contributed by atoms with E-state index in [1.807, 2.05) is 30.3 Å². The minimum atomic E-state index is -1.04. The van der Waals surface area contributed by atoms with E-state index in [1.165, 1.54) is 0 Å². The Bertz CT molecular complexity index is 482. The largest absolute Gasteiger partial charge is 0.384 e. The fraction of sp³-hybridized carbons (Fsp3) is 0.611. The van der Waals surface area contributed by atoms with Crippen molar-refractivity contribution < 1.29 is 9.90 Å². The first-order valence-electron chi connectivity index (χ1n) is 8.50. The summed E-state index contributed by atoms with van der Waals surface area (Å²) in [5.41, 5.74) is -0.222. The van der Waals surface area contributed by atoms with Crippen LogP contribution in [-0.4, -0.2) is 66.6 Å². The van der Waals surface area contributed by atoms with Crippen molar-refractivity contribution in [3.63, 3.8) is 0 Å². The lowest BCUT2D eigenvalue weighted by Gasteiger charge is -2.33. The van der Waals surface area contributed by atoms with Crippen molar-refractivity contribution in [1.29, 1.82) is 0 Å². The predicted molar refractivity (Wildman–Crippen MR) is 92.2 cm³/mol. The van der Waals surface area contributed by atoms with Crippen molar-refractivity contribution in [3.8, 4) is 0 Å². The van der Waals surface area contributed by atoms with Gasteiger partial charge in [-0.05, 0) is 19.0 Å². The highest BCUT2D eigenvalue weighted by Crippen LogP contribution is 2.18. The lowest BCUT2D eigenvalue weighted by Crippen LogP contribution is -2.47. The van der Waals surface area contributed by atoms with Crippen molar-refractivity contribution in [3.05, 3.63) is 35.9 Å². The third-order valence-corrected chi connectivity index (χ3v) is 4.59. The van der Waals surface area contributed by atoms with Crippen LogP contribution >= 0.6 is 0 Å². The number of aliphatic hydroxyl groups is 1. The first-order chi connectivity index (χ1) is 11.0. The SMILES string of the molecule is CCN1CCN(CCC(=O)NCC(C)(O)c2ccccc2)CC1. The molecule has 0 radical (unpaired) electrons. The molecule has 0 bridgehead atoms. The van der Waals surface area contributed by atoms with E-state index in [0.717, 1.165) is 44.8 Å². The van der Waals surface area contributed by atoms with Gasteiger partial charge in [0.1, 0.15) is 5.60 Å². The molecule has 1 aliphatic rings.